The van der Waals surface area contributed by atoms with E-state index in [2.05, 4.69) is 31.3 Å². The van der Waals surface area contributed by atoms with Crippen molar-refractivity contribution in [2.24, 2.45) is 0 Å². The van der Waals surface area contributed by atoms with Crippen LogP contribution in [0, 0.1) is 5.82 Å². The SMILES string of the molecule is CCOc1ccc(-n2nc(C(=O)Nc3cccc(F)c3)nc2-c2ccc(Br)cc2)cc1. The first-order valence-electron chi connectivity index (χ1n) is 9.56. The van der Waals surface area contributed by atoms with Crippen LogP contribution in [-0.2, 0) is 0 Å². The molecule has 0 atom stereocenters. The van der Waals surface area contributed by atoms with Crippen molar-refractivity contribution in [2.75, 3.05) is 11.9 Å². The van der Waals surface area contributed by atoms with E-state index < -0.39 is 11.7 Å². The minimum absolute atomic E-state index is 0.0314. The summed E-state index contributed by atoms with van der Waals surface area (Å²) in [5.74, 6) is 0.229. The fourth-order valence-electron chi connectivity index (χ4n) is 2.98. The van der Waals surface area contributed by atoms with Crippen molar-refractivity contribution in [2.45, 2.75) is 6.92 Å². The number of carbonyl (C=O) groups excluding carboxylic acids is 1. The van der Waals surface area contributed by atoms with Crippen molar-refractivity contribution in [3.05, 3.63) is 88.9 Å². The second kappa shape index (κ2) is 9.09. The molecule has 0 fully saturated rings. The van der Waals surface area contributed by atoms with E-state index in [1.54, 1.807) is 10.7 Å². The molecule has 0 aliphatic rings. The Morgan fingerprint density at radius 1 is 1.10 bits per heavy atom. The van der Waals surface area contributed by atoms with Gasteiger partial charge >= 0.3 is 0 Å². The highest BCUT2D eigenvalue weighted by Gasteiger charge is 2.19. The maximum Gasteiger partial charge on any atom is 0.295 e. The molecule has 0 spiro atoms. The van der Waals surface area contributed by atoms with Crippen molar-refractivity contribution in [3.8, 4) is 22.8 Å². The largest absolute Gasteiger partial charge is 0.494 e. The zero-order valence-corrected chi connectivity index (χ0v) is 18.1. The lowest BCUT2D eigenvalue weighted by atomic mass is 10.2. The Morgan fingerprint density at radius 2 is 1.84 bits per heavy atom. The third-order valence-electron chi connectivity index (χ3n) is 4.39. The molecule has 1 amide bonds. The topological polar surface area (TPSA) is 69.0 Å². The van der Waals surface area contributed by atoms with Gasteiger partial charge in [-0.05, 0) is 61.5 Å². The van der Waals surface area contributed by atoms with E-state index in [0.717, 1.165) is 21.5 Å². The molecule has 156 valence electrons. The maximum absolute atomic E-state index is 13.5. The standard InChI is InChI=1S/C23H18BrFN4O2/c1-2-31-20-12-10-19(11-13-20)29-22(15-6-8-16(24)9-7-15)27-21(28-29)23(30)26-18-5-3-4-17(25)14-18/h3-14H,2H2,1H3,(H,26,30). The number of halogens is 2. The Balaban J connectivity index is 1.72. The van der Waals surface area contributed by atoms with Crippen LogP contribution in [0.4, 0.5) is 10.1 Å². The highest BCUT2D eigenvalue weighted by atomic mass is 79.9. The maximum atomic E-state index is 13.5. The number of nitrogens with one attached hydrogen (secondary N) is 1. The summed E-state index contributed by atoms with van der Waals surface area (Å²) in [6.45, 7) is 2.48. The van der Waals surface area contributed by atoms with Gasteiger partial charge in [-0.25, -0.2) is 14.1 Å². The molecule has 0 aliphatic carbocycles. The number of nitrogens with zero attached hydrogens (tertiary/aromatic N) is 3. The Bertz CT molecular complexity index is 1210. The van der Waals surface area contributed by atoms with E-state index in [1.807, 2.05) is 55.5 Å². The van der Waals surface area contributed by atoms with Crippen molar-refractivity contribution in [1.29, 1.82) is 0 Å². The van der Waals surface area contributed by atoms with Gasteiger partial charge in [0.15, 0.2) is 5.82 Å². The Kier molecular flexibility index (Phi) is 6.08. The Labute approximate surface area is 186 Å². The molecule has 0 radical (unpaired) electrons. The first-order chi connectivity index (χ1) is 15.0. The average Bonchev–Trinajstić information content (AvgIpc) is 3.21. The fourth-order valence-corrected chi connectivity index (χ4v) is 3.24. The van der Waals surface area contributed by atoms with E-state index in [9.17, 15) is 9.18 Å². The Morgan fingerprint density at radius 3 is 2.52 bits per heavy atom. The molecule has 1 heterocycles. The first-order valence-corrected chi connectivity index (χ1v) is 10.4. The predicted octanol–water partition coefficient (Wildman–Crippen LogP) is 5.49. The molecule has 0 bridgehead atoms. The summed E-state index contributed by atoms with van der Waals surface area (Å²) in [6, 6.07) is 20.5. The third-order valence-corrected chi connectivity index (χ3v) is 4.92. The average molecular weight is 481 g/mol. The summed E-state index contributed by atoms with van der Waals surface area (Å²) >= 11 is 3.42. The second-order valence-electron chi connectivity index (χ2n) is 6.57. The molecule has 3 aromatic carbocycles. The van der Waals surface area contributed by atoms with Crippen molar-refractivity contribution >= 4 is 27.5 Å². The lowest BCUT2D eigenvalue weighted by Crippen LogP contribution is -2.14. The highest BCUT2D eigenvalue weighted by molar-refractivity contribution is 9.10. The number of aromatic nitrogens is 3. The number of amides is 1. The van der Waals surface area contributed by atoms with Gasteiger partial charge in [-0.3, -0.25) is 4.79 Å². The predicted molar refractivity (Wildman–Crippen MR) is 120 cm³/mol. The minimum atomic E-state index is -0.534. The number of ether oxygens (including phenoxy) is 1. The van der Waals surface area contributed by atoms with Gasteiger partial charge in [-0.1, -0.05) is 34.1 Å². The molecule has 0 unspecified atom stereocenters. The second-order valence-corrected chi connectivity index (χ2v) is 7.48. The van der Waals surface area contributed by atoms with Gasteiger partial charge in [0.05, 0.1) is 12.3 Å². The van der Waals surface area contributed by atoms with Gasteiger partial charge in [-0.15, -0.1) is 5.10 Å². The molecule has 0 aliphatic heterocycles. The molecular formula is C23H18BrFN4O2. The van der Waals surface area contributed by atoms with Crippen molar-refractivity contribution < 1.29 is 13.9 Å². The molecule has 4 rings (SSSR count). The fraction of sp³-hybridized carbons (Fsp3) is 0.0870. The van der Waals surface area contributed by atoms with E-state index in [1.165, 1.54) is 18.2 Å². The number of carbonyl (C=O) groups is 1. The first kappa shape index (κ1) is 20.7. The lowest BCUT2D eigenvalue weighted by Gasteiger charge is -2.08. The Hall–Kier alpha value is -3.52. The van der Waals surface area contributed by atoms with Gasteiger partial charge < -0.3 is 10.1 Å². The zero-order valence-electron chi connectivity index (χ0n) is 16.5. The quantitative estimate of drug-likeness (QED) is 0.396. The van der Waals surface area contributed by atoms with Crippen LogP contribution < -0.4 is 10.1 Å². The van der Waals surface area contributed by atoms with Gasteiger partial charge in [0.2, 0.25) is 5.82 Å². The number of anilines is 1. The summed E-state index contributed by atoms with van der Waals surface area (Å²) in [5, 5.41) is 7.05. The van der Waals surface area contributed by atoms with Crippen LogP contribution in [0.5, 0.6) is 5.75 Å². The number of hydrogen-bond acceptors (Lipinski definition) is 4. The molecule has 0 saturated heterocycles. The van der Waals surface area contributed by atoms with Crippen LogP contribution in [-0.4, -0.2) is 27.3 Å². The van der Waals surface area contributed by atoms with Crippen molar-refractivity contribution in [3.63, 3.8) is 0 Å². The normalized spacial score (nSPS) is 10.7. The molecule has 8 heteroatoms. The summed E-state index contributed by atoms with van der Waals surface area (Å²) in [4.78, 5) is 17.2. The van der Waals surface area contributed by atoms with E-state index in [4.69, 9.17) is 4.74 Å². The smallest absolute Gasteiger partial charge is 0.295 e. The summed E-state index contributed by atoms with van der Waals surface area (Å²) in [6.07, 6.45) is 0. The number of hydrogen-bond donors (Lipinski definition) is 1. The molecule has 6 nitrogen and oxygen atoms in total. The zero-order chi connectivity index (χ0) is 21.8. The van der Waals surface area contributed by atoms with Crippen LogP contribution in [0.2, 0.25) is 0 Å². The van der Waals surface area contributed by atoms with Crippen LogP contribution in [0.3, 0.4) is 0 Å². The van der Waals surface area contributed by atoms with E-state index >= 15 is 0 Å². The van der Waals surface area contributed by atoms with Gasteiger partial charge in [-0.2, -0.15) is 0 Å². The number of rotatable bonds is 6. The van der Waals surface area contributed by atoms with Crippen LogP contribution in [0.15, 0.2) is 77.3 Å². The molecule has 31 heavy (non-hydrogen) atoms. The van der Waals surface area contributed by atoms with E-state index in [-0.39, 0.29) is 5.82 Å². The molecule has 0 saturated carbocycles. The molecule has 1 aromatic heterocycles. The molecule has 1 N–H and O–H groups in total. The van der Waals surface area contributed by atoms with Crippen LogP contribution in [0.25, 0.3) is 17.1 Å². The summed E-state index contributed by atoms with van der Waals surface area (Å²) in [7, 11) is 0. The van der Waals surface area contributed by atoms with Crippen LogP contribution in [0.1, 0.15) is 17.5 Å². The van der Waals surface area contributed by atoms with Gasteiger partial charge in [0, 0.05) is 15.7 Å². The van der Waals surface area contributed by atoms with E-state index in [0.29, 0.717) is 18.1 Å². The summed E-state index contributed by atoms with van der Waals surface area (Å²) < 4.78 is 21.5. The van der Waals surface area contributed by atoms with Gasteiger partial charge in [0.1, 0.15) is 11.6 Å². The minimum Gasteiger partial charge on any atom is -0.494 e. The van der Waals surface area contributed by atoms with Crippen molar-refractivity contribution in [1.82, 2.24) is 14.8 Å². The highest BCUT2D eigenvalue weighted by Crippen LogP contribution is 2.25. The third kappa shape index (κ3) is 4.80. The molecular weight excluding hydrogens is 463 g/mol. The molecule has 4 aromatic rings. The van der Waals surface area contributed by atoms with Gasteiger partial charge in [0.25, 0.3) is 5.91 Å². The van der Waals surface area contributed by atoms with Crippen LogP contribution >= 0.6 is 15.9 Å². The number of benzene rings is 3. The monoisotopic (exact) mass is 480 g/mol. The summed E-state index contributed by atoms with van der Waals surface area (Å²) in [5.41, 5.74) is 1.83. The lowest BCUT2D eigenvalue weighted by molar-refractivity contribution is 0.101.